The van der Waals surface area contributed by atoms with Crippen LogP contribution in [0.15, 0.2) is 24.3 Å². The van der Waals surface area contributed by atoms with Crippen molar-refractivity contribution in [2.45, 2.75) is 39.3 Å². The molecule has 1 fully saturated rings. The summed E-state index contributed by atoms with van der Waals surface area (Å²) < 4.78 is 0. The number of hydrogen-bond donors (Lipinski definition) is 3. The van der Waals surface area contributed by atoms with Gasteiger partial charge >= 0.3 is 0 Å². The summed E-state index contributed by atoms with van der Waals surface area (Å²) in [6.45, 7) is 7.39. The summed E-state index contributed by atoms with van der Waals surface area (Å²) in [6.07, 6.45) is 1.15. The third-order valence-electron chi connectivity index (χ3n) is 3.79. The van der Waals surface area contributed by atoms with Crippen LogP contribution in [0.5, 0.6) is 0 Å². The van der Waals surface area contributed by atoms with Crippen molar-refractivity contribution in [3.8, 4) is 0 Å². The van der Waals surface area contributed by atoms with Crippen LogP contribution >= 0.6 is 0 Å². The van der Waals surface area contributed by atoms with Gasteiger partial charge in [-0.25, -0.2) is 5.43 Å². The molecule has 1 aromatic carbocycles. The third-order valence-corrected chi connectivity index (χ3v) is 3.79. The molecule has 3 unspecified atom stereocenters. The third kappa shape index (κ3) is 2.91. The van der Waals surface area contributed by atoms with Crippen LogP contribution in [-0.4, -0.2) is 12.6 Å². The Bertz CT molecular complexity index is 372. The maximum Gasteiger partial charge on any atom is 0.0517 e. The lowest BCUT2D eigenvalue weighted by molar-refractivity contribution is 0.444. The Morgan fingerprint density at radius 2 is 1.83 bits per heavy atom. The van der Waals surface area contributed by atoms with Crippen molar-refractivity contribution in [2.24, 2.45) is 17.6 Å². The summed E-state index contributed by atoms with van der Waals surface area (Å²) in [6, 6.07) is 9.71. The van der Waals surface area contributed by atoms with Gasteiger partial charge in [-0.05, 0) is 36.9 Å². The summed E-state index contributed by atoms with van der Waals surface area (Å²) >= 11 is 0. The molecule has 1 aromatic rings. The first kappa shape index (κ1) is 13.5. The Balaban J connectivity index is 2.09. The van der Waals surface area contributed by atoms with E-state index >= 15 is 0 Å². The van der Waals surface area contributed by atoms with Crippen molar-refractivity contribution in [1.29, 1.82) is 0 Å². The van der Waals surface area contributed by atoms with E-state index in [0.29, 0.717) is 30.5 Å². The Labute approximate surface area is 110 Å². The van der Waals surface area contributed by atoms with Crippen molar-refractivity contribution in [1.82, 2.24) is 10.9 Å². The van der Waals surface area contributed by atoms with Gasteiger partial charge in [0, 0.05) is 12.0 Å². The van der Waals surface area contributed by atoms with Crippen LogP contribution in [0.25, 0.3) is 0 Å². The monoisotopic (exact) mass is 247 g/mol. The van der Waals surface area contributed by atoms with Gasteiger partial charge in [0.15, 0.2) is 0 Å². The molecule has 0 spiro atoms. The summed E-state index contributed by atoms with van der Waals surface area (Å²) in [5, 5.41) is 0. The first-order valence-corrected chi connectivity index (χ1v) is 6.91. The molecule has 0 saturated carbocycles. The topological polar surface area (TPSA) is 50.1 Å². The van der Waals surface area contributed by atoms with Crippen LogP contribution in [0, 0.1) is 11.8 Å². The van der Waals surface area contributed by atoms with Gasteiger partial charge in [0.25, 0.3) is 0 Å². The predicted octanol–water partition coefficient (Wildman–Crippen LogP) is 2.00. The van der Waals surface area contributed by atoms with E-state index < -0.39 is 0 Å². The molecule has 0 aliphatic carbocycles. The maximum atomic E-state index is 5.87. The Morgan fingerprint density at radius 3 is 2.39 bits per heavy atom. The number of rotatable bonds is 4. The van der Waals surface area contributed by atoms with Crippen molar-refractivity contribution in [2.75, 3.05) is 6.54 Å². The summed E-state index contributed by atoms with van der Waals surface area (Å²) in [5.74, 6) is 1.17. The molecular formula is C15H25N3. The summed E-state index contributed by atoms with van der Waals surface area (Å²) in [4.78, 5) is 0. The maximum absolute atomic E-state index is 5.87. The number of hydrogen-bond acceptors (Lipinski definition) is 3. The second-order valence-electron chi connectivity index (χ2n) is 5.79. The van der Waals surface area contributed by atoms with Gasteiger partial charge in [-0.1, -0.05) is 38.1 Å². The van der Waals surface area contributed by atoms with E-state index in [4.69, 9.17) is 5.73 Å². The van der Waals surface area contributed by atoms with E-state index in [1.165, 1.54) is 11.1 Å². The number of nitrogens with two attached hydrogens (primary N) is 1. The molecule has 0 aromatic heterocycles. The fraction of sp³-hybridized carbons (Fsp3) is 0.600. The van der Waals surface area contributed by atoms with E-state index in [1.54, 1.807) is 0 Å². The Morgan fingerprint density at radius 1 is 1.17 bits per heavy atom. The molecule has 3 atom stereocenters. The number of benzene rings is 1. The minimum atomic E-state index is 0.332. The van der Waals surface area contributed by atoms with Gasteiger partial charge in [-0.2, -0.15) is 0 Å². The zero-order valence-electron chi connectivity index (χ0n) is 11.6. The normalized spacial score (nSPS) is 27.9. The van der Waals surface area contributed by atoms with Crippen LogP contribution in [0.4, 0.5) is 0 Å². The van der Waals surface area contributed by atoms with Crippen LogP contribution in [0.1, 0.15) is 37.9 Å². The fourth-order valence-corrected chi connectivity index (χ4v) is 2.73. The molecule has 4 N–H and O–H groups in total. The lowest BCUT2D eigenvalue weighted by atomic mass is 9.89. The van der Waals surface area contributed by atoms with E-state index in [0.717, 1.165) is 6.42 Å². The zero-order valence-corrected chi connectivity index (χ0v) is 11.6. The first-order valence-electron chi connectivity index (χ1n) is 6.91. The Hall–Kier alpha value is -0.900. The van der Waals surface area contributed by atoms with Gasteiger partial charge in [0.05, 0.1) is 6.04 Å². The molecule has 1 heterocycles. The minimum absolute atomic E-state index is 0.332. The van der Waals surface area contributed by atoms with Crippen LogP contribution in [-0.2, 0) is 6.42 Å². The molecule has 1 aliphatic heterocycles. The smallest absolute Gasteiger partial charge is 0.0517 e. The van der Waals surface area contributed by atoms with E-state index in [9.17, 15) is 0 Å². The van der Waals surface area contributed by atoms with Gasteiger partial charge in [-0.15, -0.1) is 0 Å². The highest BCUT2D eigenvalue weighted by Crippen LogP contribution is 2.28. The van der Waals surface area contributed by atoms with E-state index in [-0.39, 0.29) is 0 Å². The summed E-state index contributed by atoms with van der Waals surface area (Å²) in [5.41, 5.74) is 15.2. The highest BCUT2D eigenvalue weighted by atomic mass is 15.4. The van der Waals surface area contributed by atoms with Crippen molar-refractivity contribution in [3.05, 3.63) is 35.4 Å². The average Bonchev–Trinajstić information content (AvgIpc) is 2.70. The van der Waals surface area contributed by atoms with E-state index in [1.807, 2.05) is 0 Å². The second-order valence-corrected chi connectivity index (χ2v) is 5.79. The molecule has 1 saturated heterocycles. The van der Waals surface area contributed by atoms with Gasteiger partial charge in [0.1, 0.15) is 0 Å². The molecule has 0 amide bonds. The molecule has 100 valence electrons. The lowest BCUT2D eigenvalue weighted by Crippen LogP contribution is -2.30. The van der Waals surface area contributed by atoms with Gasteiger partial charge in [-0.3, -0.25) is 5.43 Å². The molecule has 1 aliphatic rings. The lowest BCUT2D eigenvalue weighted by Gasteiger charge is -2.19. The van der Waals surface area contributed by atoms with Crippen LogP contribution in [0.2, 0.25) is 0 Å². The fourth-order valence-electron chi connectivity index (χ4n) is 2.73. The van der Waals surface area contributed by atoms with Crippen molar-refractivity contribution < 1.29 is 0 Å². The molecule has 3 nitrogen and oxygen atoms in total. The molecule has 3 heteroatoms. The SMILES string of the molecule is CC(C)Cc1ccc(C2NNC(C)C2CN)cc1. The van der Waals surface area contributed by atoms with Gasteiger partial charge in [0.2, 0.25) is 0 Å². The van der Waals surface area contributed by atoms with Crippen molar-refractivity contribution >= 4 is 0 Å². The molecule has 0 radical (unpaired) electrons. The quantitative estimate of drug-likeness (QED) is 0.763. The standard InChI is InChI=1S/C15H25N3/c1-10(2)8-12-4-6-13(7-5-12)15-14(9-16)11(3)17-18-15/h4-7,10-11,14-15,17-18H,8-9,16H2,1-3H3. The van der Waals surface area contributed by atoms with Crippen LogP contribution < -0.4 is 16.6 Å². The minimum Gasteiger partial charge on any atom is -0.330 e. The predicted molar refractivity (Wildman–Crippen MR) is 76.0 cm³/mol. The Kier molecular flexibility index (Phi) is 4.38. The highest BCUT2D eigenvalue weighted by molar-refractivity contribution is 5.27. The average molecular weight is 247 g/mol. The summed E-state index contributed by atoms with van der Waals surface area (Å²) in [7, 11) is 0. The highest BCUT2D eigenvalue weighted by Gasteiger charge is 2.32. The largest absolute Gasteiger partial charge is 0.330 e. The van der Waals surface area contributed by atoms with Crippen LogP contribution in [0.3, 0.4) is 0 Å². The second kappa shape index (κ2) is 5.83. The zero-order chi connectivity index (χ0) is 13.1. The molecule has 2 rings (SSSR count). The molecule has 18 heavy (non-hydrogen) atoms. The number of hydrazine groups is 1. The van der Waals surface area contributed by atoms with Crippen molar-refractivity contribution in [3.63, 3.8) is 0 Å². The number of nitrogens with one attached hydrogen (secondary N) is 2. The molecule has 0 bridgehead atoms. The first-order chi connectivity index (χ1) is 8.61. The van der Waals surface area contributed by atoms with E-state index in [2.05, 4.69) is 55.9 Å². The molecular weight excluding hydrogens is 222 g/mol. The van der Waals surface area contributed by atoms with Gasteiger partial charge < -0.3 is 5.73 Å².